The van der Waals surface area contributed by atoms with Crippen molar-refractivity contribution in [2.24, 2.45) is 46.3 Å². The Balaban J connectivity index is 1.33. The van der Waals surface area contributed by atoms with Gasteiger partial charge in [-0.05, 0) is 104 Å². The van der Waals surface area contributed by atoms with Gasteiger partial charge >= 0.3 is 0 Å². The van der Waals surface area contributed by atoms with Crippen LogP contribution in [0.4, 0.5) is 0 Å². The molecule has 4 rings (SSSR count). The molecule has 36 heavy (non-hydrogen) atoms. The highest BCUT2D eigenvalue weighted by molar-refractivity contribution is 9.09. The van der Waals surface area contributed by atoms with Crippen LogP contribution >= 0.6 is 15.9 Å². The van der Waals surface area contributed by atoms with E-state index in [4.69, 9.17) is 4.74 Å². The maximum absolute atomic E-state index is 11.4. The number of halogens is 1. The lowest BCUT2D eigenvalue weighted by atomic mass is 9.47. The van der Waals surface area contributed by atoms with Gasteiger partial charge in [0.1, 0.15) is 0 Å². The fraction of sp³-hybridized carbons (Fsp3) is 0.906. The van der Waals surface area contributed by atoms with Crippen LogP contribution in [0.3, 0.4) is 0 Å². The number of amides is 1. The SMILES string of the molecule is CC(C)CCC[C@@H](C)[C@H]1CC[C@H]2[C@@H]3CC=C4C[C@@H](OCCCNC(=O)CBr)CC[C@]4(C)[C@H]3CC[C@]12C. The van der Waals surface area contributed by atoms with E-state index >= 15 is 0 Å². The Morgan fingerprint density at radius 1 is 1.08 bits per heavy atom. The number of alkyl halides is 1. The van der Waals surface area contributed by atoms with Crippen molar-refractivity contribution >= 4 is 21.8 Å². The molecule has 4 aliphatic rings. The van der Waals surface area contributed by atoms with Crippen molar-refractivity contribution in [1.82, 2.24) is 5.32 Å². The van der Waals surface area contributed by atoms with Gasteiger partial charge in [0.15, 0.2) is 0 Å². The third-order valence-electron chi connectivity index (χ3n) is 11.4. The predicted molar refractivity (Wildman–Crippen MR) is 154 cm³/mol. The smallest absolute Gasteiger partial charge is 0.230 e. The second-order valence-corrected chi connectivity index (χ2v) is 14.4. The summed E-state index contributed by atoms with van der Waals surface area (Å²) in [6.07, 6.45) is 19.0. The lowest BCUT2D eigenvalue weighted by Crippen LogP contribution is -2.51. The van der Waals surface area contributed by atoms with Gasteiger partial charge in [-0.1, -0.05) is 81.5 Å². The highest BCUT2D eigenvalue weighted by Gasteiger charge is 2.59. The largest absolute Gasteiger partial charge is 0.378 e. The van der Waals surface area contributed by atoms with E-state index in [0.29, 0.717) is 28.8 Å². The second kappa shape index (κ2) is 12.2. The quantitative estimate of drug-likeness (QED) is 0.156. The average Bonchev–Trinajstić information content (AvgIpc) is 3.20. The van der Waals surface area contributed by atoms with Gasteiger partial charge in [-0.15, -0.1) is 0 Å². The minimum absolute atomic E-state index is 0.0584. The van der Waals surface area contributed by atoms with Crippen LogP contribution in [0, 0.1) is 46.3 Å². The molecule has 3 saturated carbocycles. The van der Waals surface area contributed by atoms with Gasteiger partial charge in [0, 0.05) is 13.2 Å². The summed E-state index contributed by atoms with van der Waals surface area (Å²) in [5, 5.41) is 3.30. The van der Waals surface area contributed by atoms with E-state index in [9.17, 15) is 4.79 Å². The maximum Gasteiger partial charge on any atom is 0.230 e. The summed E-state index contributed by atoms with van der Waals surface area (Å²) in [5.41, 5.74) is 2.69. The molecule has 4 aliphatic carbocycles. The molecule has 0 aliphatic heterocycles. The Hall–Kier alpha value is -0.350. The summed E-state index contributed by atoms with van der Waals surface area (Å²) in [4.78, 5) is 11.4. The standard InChI is InChI=1S/C32H54BrNO2/c1-22(2)8-6-9-23(3)27-12-13-28-26-11-10-24-20-25(36-19-7-18-34-30(35)21-33)14-16-31(24,4)29(26)15-17-32(27,28)5/h10,22-23,25-29H,6-9,11-21H2,1-5H3,(H,34,35)/t23-,25+,26+,27-,28+,29+,31+,32-/m1/s1. The van der Waals surface area contributed by atoms with E-state index in [2.05, 4.69) is 61.9 Å². The number of hydrogen-bond acceptors (Lipinski definition) is 2. The fourth-order valence-corrected chi connectivity index (χ4v) is 9.59. The molecule has 0 aromatic carbocycles. The number of ether oxygens (including phenoxy) is 1. The van der Waals surface area contributed by atoms with E-state index in [0.717, 1.165) is 55.0 Å². The molecule has 0 radical (unpaired) electrons. The van der Waals surface area contributed by atoms with Crippen molar-refractivity contribution in [2.75, 3.05) is 18.5 Å². The summed E-state index contributed by atoms with van der Waals surface area (Å²) in [7, 11) is 0. The van der Waals surface area contributed by atoms with Gasteiger partial charge in [0.05, 0.1) is 11.4 Å². The Bertz CT molecular complexity index is 780. The molecular formula is C32H54BrNO2. The molecule has 1 N–H and O–H groups in total. The number of carbonyl (C=O) groups is 1. The molecule has 0 aromatic heterocycles. The Kier molecular flexibility index (Phi) is 9.73. The van der Waals surface area contributed by atoms with Gasteiger partial charge in [0.25, 0.3) is 0 Å². The predicted octanol–water partition coefficient (Wildman–Crippen LogP) is 8.31. The minimum atomic E-state index is 0.0584. The van der Waals surface area contributed by atoms with Crippen molar-refractivity contribution in [3.63, 3.8) is 0 Å². The number of nitrogens with one attached hydrogen (secondary N) is 1. The number of fused-ring (bicyclic) bond motifs is 5. The van der Waals surface area contributed by atoms with Crippen molar-refractivity contribution < 1.29 is 9.53 Å². The van der Waals surface area contributed by atoms with Crippen LogP contribution in [0.1, 0.15) is 112 Å². The van der Waals surface area contributed by atoms with E-state index in [1.54, 1.807) is 5.57 Å². The maximum atomic E-state index is 11.4. The third kappa shape index (κ3) is 5.95. The van der Waals surface area contributed by atoms with Crippen molar-refractivity contribution in [1.29, 1.82) is 0 Å². The molecule has 8 atom stereocenters. The van der Waals surface area contributed by atoms with Gasteiger partial charge in [0.2, 0.25) is 5.91 Å². The van der Waals surface area contributed by atoms with Gasteiger partial charge < -0.3 is 10.1 Å². The molecule has 4 heteroatoms. The van der Waals surface area contributed by atoms with Crippen LogP contribution < -0.4 is 5.32 Å². The highest BCUT2D eigenvalue weighted by Crippen LogP contribution is 2.67. The van der Waals surface area contributed by atoms with Crippen LogP contribution in [0.5, 0.6) is 0 Å². The van der Waals surface area contributed by atoms with Crippen molar-refractivity contribution in [3.8, 4) is 0 Å². The average molecular weight is 565 g/mol. The van der Waals surface area contributed by atoms with Crippen molar-refractivity contribution in [2.45, 2.75) is 118 Å². The topological polar surface area (TPSA) is 38.3 Å². The highest BCUT2D eigenvalue weighted by atomic mass is 79.9. The first-order valence-corrected chi connectivity index (χ1v) is 16.4. The molecule has 0 spiro atoms. The Morgan fingerprint density at radius 2 is 1.89 bits per heavy atom. The molecule has 1 amide bonds. The first-order valence-electron chi connectivity index (χ1n) is 15.3. The second-order valence-electron chi connectivity index (χ2n) is 13.9. The molecule has 0 aromatic rings. The minimum Gasteiger partial charge on any atom is -0.378 e. The van der Waals surface area contributed by atoms with E-state index in [1.165, 1.54) is 64.2 Å². The van der Waals surface area contributed by atoms with Crippen molar-refractivity contribution in [3.05, 3.63) is 11.6 Å². The molecule has 0 bridgehead atoms. The summed E-state index contributed by atoms with van der Waals surface area (Å²) >= 11 is 3.20. The molecule has 206 valence electrons. The number of allylic oxidation sites excluding steroid dienone is 1. The zero-order valence-electron chi connectivity index (χ0n) is 23.9. The van der Waals surface area contributed by atoms with Crippen LogP contribution in [-0.4, -0.2) is 30.5 Å². The van der Waals surface area contributed by atoms with E-state index < -0.39 is 0 Å². The first kappa shape index (κ1) is 28.7. The third-order valence-corrected chi connectivity index (χ3v) is 11.9. The number of carbonyl (C=O) groups excluding carboxylic acids is 1. The molecular weight excluding hydrogens is 510 g/mol. The van der Waals surface area contributed by atoms with Gasteiger partial charge in [-0.3, -0.25) is 4.79 Å². The molecule has 0 heterocycles. The fourth-order valence-electron chi connectivity index (χ4n) is 9.39. The zero-order valence-corrected chi connectivity index (χ0v) is 25.5. The monoisotopic (exact) mass is 563 g/mol. The number of rotatable bonds is 11. The van der Waals surface area contributed by atoms with Gasteiger partial charge in [-0.2, -0.15) is 0 Å². The summed E-state index contributed by atoms with van der Waals surface area (Å²) in [6.45, 7) is 14.1. The molecule has 3 nitrogen and oxygen atoms in total. The zero-order chi connectivity index (χ0) is 25.9. The van der Waals surface area contributed by atoms with E-state index in [-0.39, 0.29) is 5.91 Å². The van der Waals surface area contributed by atoms with Crippen LogP contribution in [-0.2, 0) is 9.53 Å². The molecule has 3 fully saturated rings. The van der Waals surface area contributed by atoms with Crippen LogP contribution in [0.25, 0.3) is 0 Å². The Labute approximate surface area is 230 Å². The molecule has 0 unspecified atom stereocenters. The normalized spacial score (nSPS) is 38.6. The summed E-state index contributed by atoms with van der Waals surface area (Å²) in [6, 6.07) is 0. The lowest BCUT2D eigenvalue weighted by Gasteiger charge is -2.58. The first-order chi connectivity index (χ1) is 17.2. The van der Waals surface area contributed by atoms with Crippen LogP contribution in [0.15, 0.2) is 11.6 Å². The lowest BCUT2D eigenvalue weighted by molar-refractivity contribution is -0.118. The van der Waals surface area contributed by atoms with E-state index in [1.807, 2.05) is 0 Å². The number of hydrogen-bond donors (Lipinski definition) is 1. The Morgan fingerprint density at radius 3 is 2.64 bits per heavy atom. The van der Waals surface area contributed by atoms with Crippen LogP contribution in [0.2, 0.25) is 0 Å². The summed E-state index contributed by atoms with van der Waals surface area (Å²) < 4.78 is 6.30. The molecule has 0 saturated heterocycles. The van der Waals surface area contributed by atoms with Gasteiger partial charge in [-0.25, -0.2) is 0 Å². The summed E-state index contributed by atoms with van der Waals surface area (Å²) in [5.74, 6) is 5.45.